The lowest BCUT2D eigenvalue weighted by atomic mass is 10.1. The highest BCUT2D eigenvalue weighted by atomic mass is 16.1. The van der Waals surface area contributed by atoms with Crippen molar-refractivity contribution in [1.82, 2.24) is 9.78 Å². The zero-order chi connectivity index (χ0) is 12.4. The van der Waals surface area contributed by atoms with Gasteiger partial charge in [0.1, 0.15) is 0 Å². The monoisotopic (exact) mass is 228 g/mol. The summed E-state index contributed by atoms with van der Waals surface area (Å²) in [6.07, 6.45) is 2.66. The molecule has 0 bridgehead atoms. The van der Waals surface area contributed by atoms with Gasteiger partial charge in [-0.15, -0.1) is 0 Å². The van der Waals surface area contributed by atoms with Gasteiger partial charge >= 0.3 is 0 Å². The maximum atomic E-state index is 11.4. The Kier molecular flexibility index (Phi) is 3.09. The molecule has 0 spiro atoms. The van der Waals surface area contributed by atoms with Gasteiger partial charge in [0.25, 0.3) is 0 Å². The Morgan fingerprint density at radius 2 is 1.94 bits per heavy atom. The zero-order valence-corrected chi connectivity index (χ0v) is 10.4. The molecule has 2 aromatic rings. The van der Waals surface area contributed by atoms with Crippen molar-refractivity contribution in [3.8, 4) is 5.69 Å². The number of rotatable bonds is 3. The Balaban J connectivity index is 2.42. The van der Waals surface area contributed by atoms with Gasteiger partial charge in [-0.25, -0.2) is 4.68 Å². The average Bonchev–Trinajstić information content (AvgIpc) is 2.71. The van der Waals surface area contributed by atoms with Crippen LogP contribution in [0.1, 0.15) is 35.5 Å². The first-order valence-corrected chi connectivity index (χ1v) is 5.78. The summed E-state index contributed by atoms with van der Waals surface area (Å²) in [5.74, 6) is 0.0546. The van der Waals surface area contributed by atoms with E-state index < -0.39 is 0 Å². The summed E-state index contributed by atoms with van der Waals surface area (Å²) in [6.45, 7) is 5.61. The number of aryl methyl sites for hydroxylation is 1. The average molecular weight is 228 g/mol. The molecule has 0 radical (unpaired) electrons. The molecule has 0 aliphatic rings. The molecular weight excluding hydrogens is 212 g/mol. The van der Waals surface area contributed by atoms with E-state index in [0.29, 0.717) is 5.56 Å². The van der Waals surface area contributed by atoms with Crippen molar-refractivity contribution >= 4 is 5.78 Å². The molecule has 2 rings (SSSR count). The number of benzene rings is 1. The standard InChI is InChI=1S/C14H16N2O/c1-4-12-5-7-13(8-6-12)16-10(2)14(9-15-16)11(3)17/h5-9H,4H2,1-3H3. The van der Waals surface area contributed by atoms with E-state index in [9.17, 15) is 4.79 Å². The SMILES string of the molecule is CCc1ccc(-n2ncc(C(C)=O)c2C)cc1. The third kappa shape index (κ3) is 2.13. The van der Waals surface area contributed by atoms with Gasteiger partial charge in [-0.05, 0) is 38.0 Å². The molecule has 1 aromatic carbocycles. The molecule has 3 nitrogen and oxygen atoms in total. The van der Waals surface area contributed by atoms with Gasteiger partial charge in [-0.1, -0.05) is 19.1 Å². The second-order valence-corrected chi connectivity index (χ2v) is 4.13. The second-order valence-electron chi connectivity index (χ2n) is 4.13. The predicted octanol–water partition coefficient (Wildman–Crippen LogP) is 2.95. The third-order valence-corrected chi connectivity index (χ3v) is 2.98. The summed E-state index contributed by atoms with van der Waals surface area (Å²) in [5, 5.41) is 4.26. The Bertz CT molecular complexity index is 538. The second kappa shape index (κ2) is 4.53. The first kappa shape index (κ1) is 11.6. The van der Waals surface area contributed by atoms with Crippen molar-refractivity contribution in [3.05, 3.63) is 47.3 Å². The van der Waals surface area contributed by atoms with Crippen molar-refractivity contribution in [1.29, 1.82) is 0 Å². The lowest BCUT2D eigenvalue weighted by Gasteiger charge is -2.05. The molecule has 0 saturated heterocycles. The molecule has 0 N–H and O–H groups in total. The quantitative estimate of drug-likeness (QED) is 0.757. The molecule has 3 heteroatoms. The normalized spacial score (nSPS) is 10.5. The van der Waals surface area contributed by atoms with Crippen LogP contribution in [0.15, 0.2) is 30.5 Å². The molecule has 88 valence electrons. The Labute approximate surface area is 101 Å². The number of carbonyl (C=O) groups excluding carboxylic acids is 1. The zero-order valence-electron chi connectivity index (χ0n) is 10.4. The Morgan fingerprint density at radius 3 is 2.41 bits per heavy atom. The van der Waals surface area contributed by atoms with Crippen molar-refractivity contribution < 1.29 is 4.79 Å². The van der Waals surface area contributed by atoms with Crippen molar-refractivity contribution in [3.63, 3.8) is 0 Å². The minimum Gasteiger partial charge on any atom is -0.294 e. The minimum atomic E-state index is 0.0546. The smallest absolute Gasteiger partial charge is 0.163 e. The number of ketones is 1. The summed E-state index contributed by atoms with van der Waals surface area (Å²) >= 11 is 0. The van der Waals surface area contributed by atoms with Gasteiger partial charge in [-0.3, -0.25) is 4.79 Å². The topological polar surface area (TPSA) is 34.9 Å². The molecule has 0 atom stereocenters. The first-order chi connectivity index (χ1) is 8.13. The van der Waals surface area contributed by atoms with Crippen LogP contribution >= 0.6 is 0 Å². The van der Waals surface area contributed by atoms with E-state index in [2.05, 4.69) is 24.2 Å². The summed E-state index contributed by atoms with van der Waals surface area (Å²) < 4.78 is 1.80. The van der Waals surface area contributed by atoms with Crippen LogP contribution in [-0.2, 0) is 6.42 Å². The Morgan fingerprint density at radius 1 is 1.29 bits per heavy atom. The Hall–Kier alpha value is -1.90. The first-order valence-electron chi connectivity index (χ1n) is 5.78. The molecule has 0 fully saturated rings. The number of hydrogen-bond acceptors (Lipinski definition) is 2. The van der Waals surface area contributed by atoms with Crippen LogP contribution < -0.4 is 0 Å². The van der Waals surface area contributed by atoms with Crippen molar-refractivity contribution in [2.45, 2.75) is 27.2 Å². The van der Waals surface area contributed by atoms with Crippen LogP contribution in [0.2, 0.25) is 0 Å². The third-order valence-electron chi connectivity index (χ3n) is 2.98. The van der Waals surface area contributed by atoms with E-state index in [0.717, 1.165) is 17.8 Å². The summed E-state index contributed by atoms with van der Waals surface area (Å²) in [6, 6.07) is 8.24. The summed E-state index contributed by atoms with van der Waals surface area (Å²) in [4.78, 5) is 11.4. The van der Waals surface area contributed by atoms with E-state index in [1.54, 1.807) is 17.8 Å². The van der Waals surface area contributed by atoms with E-state index in [4.69, 9.17) is 0 Å². The van der Waals surface area contributed by atoms with Gasteiger partial charge < -0.3 is 0 Å². The van der Waals surface area contributed by atoms with Crippen LogP contribution in [0.4, 0.5) is 0 Å². The molecule has 0 saturated carbocycles. The molecule has 0 aliphatic heterocycles. The van der Waals surface area contributed by atoms with E-state index in [1.165, 1.54) is 5.56 Å². The number of aromatic nitrogens is 2. The maximum absolute atomic E-state index is 11.4. The largest absolute Gasteiger partial charge is 0.294 e. The number of hydrogen-bond donors (Lipinski definition) is 0. The molecular formula is C14H16N2O. The fourth-order valence-corrected chi connectivity index (χ4v) is 1.89. The lowest BCUT2D eigenvalue weighted by molar-refractivity contribution is 0.101. The fraction of sp³-hybridized carbons (Fsp3) is 0.286. The van der Waals surface area contributed by atoms with Gasteiger partial charge in [0, 0.05) is 0 Å². The number of carbonyl (C=O) groups is 1. The maximum Gasteiger partial charge on any atom is 0.163 e. The van der Waals surface area contributed by atoms with Crippen molar-refractivity contribution in [2.24, 2.45) is 0 Å². The van der Waals surface area contributed by atoms with E-state index >= 15 is 0 Å². The summed E-state index contributed by atoms with van der Waals surface area (Å²) in [7, 11) is 0. The number of Topliss-reactive ketones (excluding diaryl/α,β-unsaturated/α-hetero) is 1. The van der Waals surface area contributed by atoms with Gasteiger partial charge in [0.05, 0.1) is 23.1 Å². The lowest BCUT2D eigenvalue weighted by Crippen LogP contribution is -2.01. The fourth-order valence-electron chi connectivity index (χ4n) is 1.89. The highest BCUT2D eigenvalue weighted by Crippen LogP contribution is 2.15. The highest BCUT2D eigenvalue weighted by molar-refractivity contribution is 5.95. The molecule has 1 aromatic heterocycles. The van der Waals surface area contributed by atoms with E-state index in [1.807, 2.05) is 19.1 Å². The van der Waals surface area contributed by atoms with Gasteiger partial charge in [0.2, 0.25) is 0 Å². The summed E-state index contributed by atoms with van der Waals surface area (Å²) in [5.41, 5.74) is 3.86. The molecule has 0 unspecified atom stereocenters. The molecule has 17 heavy (non-hydrogen) atoms. The highest BCUT2D eigenvalue weighted by Gasteiger charge is 2.11. The molecule has 1 heterocycles. The van der Waals surface area contributed by atoms with E-state index in [-0.39, 0.29) is 5.78 Å². The number of nitrogens with zero attached hydrogens (tertiary/aromatic N) is 2. The molecule has 0 amide bonds. The van der Waals surface area contributed by atoms with Gasteiger partial charge in [0.15, 0.2) is 5.78 Å². The van der Waals surface area contributed by atoms with Crippen LogP contribution in [0.25, 0.3) is 5.69 Å². The van der Waals surface area contributed by atoms with Crippen LogP contribution in [-0.4, -0.2) is 15.6 Å². The predicted molar refractivity (Wildman–Crippen MR) is 67.7 cm³/mol. The van der Waals surface area contributed by atoms with Crippen LogP contribution in [0, 0.1) is 6.92 Å². The van der Waals surface area contributed by atoms with Crippen LogP contribution in [0.5, 0.6) is 0 Å². The van der Waals surface area contributed by atoms with Crippen LogP contribution in [0.3, 0.4) is 0 Å². The van der Waals surface area contributed by atoms with Crippen molar-refractivity contribution in [2.75, 3.05) is 0 Å². The molecule has 0 aliphatic carbocycles. The van der Waals surface area contributed by atoms with Gasteiger partial charge in [-0.2, -0.15) is 5.10 Å². The minimum absolute atomic E-state index is 0.0546.